The first-order chi connectivity index (χ1) is 18.5. The number of nitrogens with one attached hydrogen (secondary N) is 1. The summed E-state index contributed by atoms with van der Waals surface area (Å²) < 4.78 is 54.1. The van der Waals surface area contributed by atoms with E-state index in [9.17, 15) is 27.5 Å². The number of rotatable bonds is 4. The van der Waals surface area contributed by atoms with Gasteiger partial charge in [0.05, 0.1) is 22.8 Å². The summed E-state index contributed by atoms with van der Waals surface area (Å²) in [5, 5.41) is 14.3. The summed E-state index contributed by atoms with van der Waals surface area (Å²) in [5.41, 5.74) is 6.62. The van der Waals surface area contributed by atoms with Gasteiger partial charge in [0.15, 0.2) is 0 Å². The van der Waals surface area contributed by atoms with Crippen LogP contribution < -0.4 is 11.1 Å². The normalized spacial score (nSPS) is 11.5. The Morgan fingerprint density at radius 1 is 1.00 bits per heavy atom. The van der Waals surface area contributed by atoms with E-state index in [4.69, 9.17) is 5.73 Å². The van der Waals surface area contributed by atoms with E-state index in [1.54, 1.807) is 19.1 Å². The zero-order valence-electron chi connectivity index (χ0n) is 20.2. The molecule has 3 aromatic carbocycles. The number of carbonyl (C=O) groups is 1. The summed E-state index contributed by atoms with van der Waals surface area (Å²) >= 11 is 0. The molecular formula is C28H19F4N5O2. The van der Waals surface area contributed by atoms with Gasteiger partial charge in [-0.3, -0.25) is 9.78 Å². The van der Waals surface area contributed by atoms with Crippen molar-refractivity contribution in [2.75, 3.05) is 11.1 Å². The Kier molecular flexibility index (Phi) is 6.35. The maximum atomic E-state index is 14.8. The first kappa shape index (κ1) is 25.6. The molecule has 0 spiro atoms. The van der Waals surface area contributed by atoms with Gasteiger partial charge >= 0.3 is 6.18 Å². The van der Waals surface area contributed by atoms with E-state index in [2.05, 4.69) is 20.3 Å². The largest absolute Gasteiger partial charge is 0.507 e. The third-order valence-electron chi connectivity index (χ3n) is 6.14. The number of nitrogens with zero attached hydrogens (tertiary/aromatic N) is 3. The van der Waals surface area contributed by atoms with Crippen LogP contribution in [0.3, 0.4) is 0 Å². The average Bonchev–Trinajstić information content (AvgIpc) is 2.89. The second-order valence-electron chi connectivity index (χ2n) is 8.73. The number of hydrogen-bond donors (Lipinski definition) is 3. The van der Waals surface area contributed by atoms with Crippen molar-refractivity contribution in [3.63, 3.8) is 0 Å². The number of hydrogen-bond acceptors (Lipinski definition) is 6. The van der Waals surface area contributed by atoms with E-state index in [-0.39, 0.29) is 45.2 Å². The summed E-state index contributed by atoms with van der Waals surface area (Å²) in [6.07, 6.45) is -0.763. The third kappa shape index (κ3) is 4.93. The van der Waals surface area contributed by atoms with Crippen LogP contribution in [0.1, 0.15) is 21.5 Å². The number of pyridine rings is 1. The van der Waals surface area contributed by atoms with Crippen molar-refractivity contribution in [1.29, 1.82) is 0 Å². The Morgan fingerprint density at radius 2 is 1.79 bits per heavy atom. The Morgan fingerprint density at radius 3 is 2.54 bits per heavy atom. The lowest BCUT2D eigenvalue weighted by Crippen LogP contribution is -2.13. The molecule has 0 saturated carbocycles. The number of nitrogen functional groups attached to an aromatic ring is 1. The fraction of sp³-hybridized carbons (Fsp3) is 0.0714. The molecule has 1 amide bonds. The van der Waals surface area contributed by atoms with Gasteiger partial charge in [0.25, 0.3) is 5.91 Å². The lowest BCUT2D eigenvalue weighted by molar-refractivity contribution is -0.137. The topological polar surface area (TPSA) is 114 Å². The molecule has 0 radical (unpaired) electrons. The number of anilines is 2. The summed E-state index contributed by atoms with van der Waals surface area (Å²) in [7, 11) is 0. The number of aryl methyl sites for hydroxylation is 1. The molecule has 5 aromatic rings. The molecule has 4 N–H and O–H groups in total. The molecule has 7 nitrogen and oxygen atoms in total. The number of aromatic nitrogens is 3. The van der Waals surface area contributed by atoms with Gasteiger partial charge in [-0.15, -0.1) is 0 Å². The van der Waals surface area contributed by atoms with E-state index >= 15 is 0 Å². The van der Waals surface area contributed by atoms with Crippen LogP contribution in [-0.2, 0) is 6.18 Å². The molecule has 0 unspecified atom stereocenters. The van der Waals surface area contributed by atoms with E-state index in [1.807, 2.05) is 0 Å². The third-order valence-corrected chi connectivity index (χ3v) is 6.14. The molecule has 0 aliphatic heterocycles. The number of carbonyl (C=O) groups excluding carboxylic acids is 1. The van der Waals surface area contributed by atoms with Crippen molar-refractivity contribution in [2.24, 2.45) is 0 Å². The first-order valence-electron chi connectivity index (χ1n) is 11.5. The molecule has 0 fully saturated rings. The maximum absolute atomic E-state index is 14.8. The minimum absolute atomic E-state index is 0.0311. The SMILES string of the molecule is Cc1ccc(C(=O)Nc2cccc(C(F)(F)F)c2)cc1-c1cc2cnc(N)nc2c(-c2ccncc2F)c1O. The van der Waals surface area contributed by atoms with Crippen LogP contribution in [0.4, 0.5) is 29.2 Å². The molecule has 196 valence electrons. The van der Waals surface area contributed by atoms with E-state index in [1.165, 1.54) is 42.7 Å². The van der Waals surface area contributed by atoms with Crippen LogP contribution in [0.25, 0.3) is 33.2 Å². The minimum atomic E-state index is -4.56. The van der Waals surface area contributed by atoms with E-state index < -0.39 is 23.5 Å². The average molecular weight is 533 g/mol. The molecule has 0 bridgehead atoms. The molecule has 0 aliphatic carbocycles. The standard InChI is InChI=1S/C28H19F4N5O2/c1-14-5-6-15(26(39)36-18-4-2-3-17(11-18)28(30,31)32)9-20(14)21-10-16-12-35-27(33)37-24(16)23(25(21)38)19-7-8-34-13-22(19)29/h2-13,38H,1H3,(H,36,39)(H2,33,35,37). The number of halogens is 4. The van der Waals surface area contributed by atoms with Crippen molar-refractivity contribution in [3.8, 4) is 28.0 Å². The quantitative estimate of drug-likeness (QED) is 0.232. The van der Waals surface area contributed by atoms with Gasteiger partial charge in [-0.1, -0.05) is 12.1 Å². The van der Waals surface area contributed by atoms with Crippen LogP contribution in [0, 0.1) is 12.7 Å². The number of phenols is 1. The van der Waals surface area contributed by atoms with Crippen LogP contribution >= 0.6 is 0 Å². The molecule has 39 heavy (non-hydrogen) atoms. The Bertz CT molecular complexity index is 1760. The van der Waals surface area contributed by atoms with Crippen LogP contribution in [0.2, 0.25) is 0 Å². The number of amides is 1. The zero-order valence-corrected chi connectivity index (χ0v) is 20.2. The van der Waals surface area contributed by atoms with Crippen molar-refractivity contribution < 1.29 is 27.5 Å². The maximum Gasteiger partial charge on any atom is 0.416 e. The number of nitrogens with two attached hydrogens (primary N) is 1. The van der Waals surface area contributed by atoms with Gasteiger partial charge in [-0.25, -0.2) is 14.4 Å². The summed E-state index contributed by atoms with van der Waals surface area (Å²) in [4.78, 5) is 25.0. The van der Waals surface area contributed by atoms with Gasteiger partial charge in [0.1, 0.15) is 11.6 Å². The smallest absolute Gasteiger partial charge is 0.416 e. The van der Waals surface area contributed by atoms with Crippen molar-refractivity contribution >= 4 is 28.4 Å². The van der Waals surface area contributed by atoms with Gasteiger partial charge in [-0.2, -0.15) is 13.2 Å². The monoisotopic (exact) mass is 533 g/mol. The highest BCUT2D eigenvalue weighted by atomic mass is 19.4. The van der Waals surface area contributed by atoms with E-state index in [0.29, 0.717) is 16.5 Å². The minimum Gasteiger partial charge on any atom is -0.507 e. The number of benzene rings is 3. The van der Waals surface area contributed by atoms with Gasteiger partial charge in [0.2, 0.25) is 5.95 Å². The fourth-order valence-electron chi connectivity index (χ4n) is 4.25. The van der Waals surface area contributed by atoms with Crippen molar-refractivity contribution in [1.82, 2.24) is 15.0 Å². The number of alkyl halides is 3. The molecule has 0 atom stereocenters. The predicted molar refractivity (Wildman–Crippen MR) is 138 cm³/mol. The Labute approximate surface area is 219 Å². The van der Waals surface area contributed by atoms with Gasteiger partial charge in [-0.05, 0) is 60.5 Å². The molecule has 0 aliphatic rings. The van der Waals surface area contributed by atoms with E-state index in [0.717, 1.165) is 18.3 Å². The van der Waals surface area contributed by atoms with Crippen molar-refractivity contribution in [2.45, 2.75) is 13.1 Å². The molecule has 2 aromatic heterocycles. The highest BCUT2D eigenvalue weighted by Gasteiger charge is 2.30. The molecule has 0 saturated heterocycles. The summed E-state index contributed by atoms with van der Waals surface area (Å²) in [6, 6.07) is 11.9. The summed E-state index contributed by atoms with van der Waals surface area (Å²) in [5.74, 6) is -1.75. The van der Waals surface area contributed by atoms with Gasteiger partial charge in [0, 0.05) is 40.2 Å². The number of aromatic hydroxyl groups is 1. The number of phenolic OH excluding ortho intramolecular Hbond substituents is 1. The molecule has 5 rings (SSSR count). The van der Waals surface area contributed by atoms with Crippen LogP contribution in [0.15, 0.2) is 73.2 Å². The first-order valence-corrected chi connectivity index (χ1v) is 11.5. The lowest BCUT2D eigenvalue weighted by Gasteiger charge is -2.16. The second kappa shape index (κ2) is 9.67. The van der Waals surface area contributed by atoms with Crippen LogP contribution in [-0.4, -0.2) is 26.0 Å². The second-order valence-corrected chi connectivity index (χ2v) is 8.73. The molecule has 2 heterocycles. The number of fused-ring (bicyclic) bond motifs is 1. The van der Waals surface area contributed by atoms with Gasteiger partial charge < -0.3 is 16.2 Å². The van der Waals surface area contributed by atoms with Crippen molar-refractivity contribution in [3.05, 3.63) is 95.7 Å². The Balaban J connectivity index is 1.62. The Hall–Kier alpha value is -5.06. The highest BCUT2D eigenvalue weighted by Crippen LogP contribution is 2.44. The highest BCUT2D eigenvalue weighted by molar-refractivity contribution is 6.06. The fourth-order valence-corrected chi connectivity index (χ4v) is 4.25. The lowest BCUT2D eigenvalue weighted by atomic mass is 9.91. The molecular weight excluding hydrogens is 514 g/mol. The van der Waals surface area contributed by atoms with Crippen LogP contribution in [0.5, 0.6) is 5.75 Å². The summed E-state index contributed by atoms with van der Waals surface area (Å²) in [6.45, 7) is 1.75. The predicted octanol–water partition coefficient (Wildman–Crippen LogP) is 6.37. The zero-order chi connectivity index (χ0) is 27.9. The molecule has 11 heteroatoms.